The van der Waals surface area contributed by atoms with Crippen molar-refractivity contribution in [2.24, 2.45) is 11.3 Å². The molecule has 1 heteroatoms. The first kappa shape index (κ1) is 19.8. The van der Waals surface area contributed by atoms with Crippen molar-refractivity contribution in [2.45, 2.75) is 74.7 Å². The summed E-state index contributed by atoms with van der Waals surface area (Å²) in [6, 6.07) is 0. The van der Waals surface area contributed by atoms with E-state index >= 15 is 0 Å². The van der Waals surface area contributed by atoms with Gasteiger partial charge in [0.25, 0.3) is 0 Å². The molecule has 18 heavy (non-hydrogen) atoms. The Kier molecular flexibility index (Phi) is 9.37. The van der Waals surface area contributed by atoms with E-state index in [0.29, 0.717) is 11.3 Å². The van der Waals surface area contributed by atoms with Crippen LogP contribution in [0.4, 0.5) is 0 Å². The lowest BCUT2D eigenvalue weighted by molar-refractivity contribution is 0.428. The van der Waals surface area contributed by atoms with Gasteiger partial charge in [-0.3, -0.25) is 0 Å². The molecular formula is C17H34O. The van der Waals surface area contributed by atoms with E-state index in [1.807, 2.05) is 13.8 Å². The molecule has 2 N–H and O–H groups in total. The van der Waals surface area contributed by atoms with Gasteiger partial charge in [-0.15, -0.1) is 0 Å². The molecule has 0 bridgehead atoms. The van der Waals surface area contributed by atoms with Crippen molar-refractivity contribution in [3.05, 3.63) is 22.8 Å². The molecule has 1 aliphatic carbocycles. The van der Waals surface area contributed by atoms with Crippen LogP contribution in [0.25, 0.3) is 0 Å². The first-order valence-electron chi connectivity index (χ1n) is 7.30. The molecule has 1 aliphatic rings. The summed E-state index contributed by atoms with van der Waals surface area (Å²) in [4.78, 5) is 0. The Hall–Kier alpha value is -0.560. The summed E-state index contributed by atoms with van der Waals surface area (Å²) >= 11 is 0. The van der Waals surface area contributed by atoms with Gasteiger partial charge in [-0.25, -0.2) is 0 Å². The van der Waals surface area contributed by atoms with Crippen LogP contribution in [-0.4, -0.2) is 5.48 Å². The third-order valence-corrected chi connectivity index (χ3v) is 3.96. The van der Waals surface area contributed by atoms with E-state index in [9.17, 15) is 0 Å². The molecule has 0 atom stereocenters. The van der Waals surface area contributed by atoms with Crippen LogP contribution in [0.3, 0.4) is 0 Å². The molecule has 0 aromatic carbocycles. The zero-order valence-corrected chi connectivity index (χ0v) is 13.8. The lowest BCUT2D eigenvalue weighted by atomic mass is 9.73. The van der Waals surface area contributed by atoms with Crippen LogP contribution in [0.5, 0.6) is 0 Å². The lowest BCUT2D eigenvalue weighted by Crippen LogP contribution is -2.18. The lowest BCUT2D eigenvalue weighted by Gasteiger charge is -2.32. The predicted octanol–water partition coefficient (Wildman–Crippen LogP) is 5.32. The fraction of sp³-hybridized carbons (Fsp3) is 0.765. The maximum absolute atomic E-state index is 2.46. The minimum absolute atomic E-state index is 0. The van der Waals surface area contributed by atoms with Crippen molar-refractivity contribution in [3.8, 4) is 0 Å². The topological polar surface area (TPSA) is 31.5 Å². The Labute approximate surface area is 115 Å². The largest absolute Gasteiger partial charge is 0.412 e. The maximum atomic E-state index is 2.46. The van der Waals surface area contributed by atoms with E-state index in [-0.39, 0.29) is 5.48 Å². The van der Waals surface area contributed by atoms with Gasteiger partial charge in [-0.05, 0) is 48.7 Å². The predicted molar refractivity (Wildman–Crippen MR) is 83.9 cm³/mol. The monoisotopic (exact) mass is 254 g/mol. The summed E-state index contributed by atoms with van der Waals surface area (Å²) in [5, 5.41) is 0. The third-order valence-electron chi connectivity index (χ3n) is 3.96. The molecule has 0 heterocycles. The minimum Gasteiger partial charge on any atom is -0.412 e. The van der Waals surface area contributed by atoms with Gasteiger partial charge in [-0.1, -0.05) is 60.1 Å². The third kappa shape index (κ3) is 4.61. The number of rotatable bonds is 3. The van der Waals surface area contributed by atoms with Crippen LogP contribution in [0.15, 0.2) is 22.8 Å². The Bertz CT molecular complexity index is 293. The molecule has 108 valence electrons. The van der Waals surface area contributed by atoms with Crippen molar-refractivity contribution in [2.75, 3.05) is 0 Å². The first-order valence-corrected chi connectivity index (χ1v) is 7.30. The fourth-order valence-electron chi connectivity index (χ4n) is 2.58. The van der Waals surface area contributed by atoms with Crippen LogP contribution < -0.4 is 0 Å². The van der Waals surface area contributed by atoms with E-state index < -0.39 is 0 Å². The first-order chi connectivity index (χ1) is 7.90. The van der Waals surface area contributed by atoms with Crippen LogP contribution in [-0.2, 0) is 0 Å². The van der Waals surface area contributed by atoms with E-state index in [4.69, 9.17) is 0 Å². The number of allylic oxidation sites excluding steroid dienone is 4. The van der Waals surface area contributed by atoms with Gasteiger partial charge in [-0.2, -0.15) is 0 Å². The molecule has 0 spiro atoms. The second-order valence-corrected chi connectivity index (χ2v) is 5.70. The van der Waals surface area contributed by atoms with Gasteiger partial charge >= 0.3 is 0 Å². The maximum Gasteiger partial charge on any atom is -0.0107 e. The van der Waals surface area contributed by atoms with Crippen LogP contribution in [0.2, 0.25) is 0 Å². The average Bonchev–Trinajstić information content (AvgIpc) is 2.31. The molecule has 0 fully saturated rings. The van der Waals surface area contributed by atoms with E-state index in [0.717, 1.165) is 0 Å². The van der Waals surface area contributed by atoms with Gasteiger partial charge in [0.05, 0.1) is 0 Å². The smallest absolute Gasteiger partial charge is 0.0107 e. The highest BCUT2D eigenvalue weighted by molar-refractivity contribution is 5.41. The highest BCUT2D eigenvalue weighted by Crippen LogP contribution is 2.41. The van der Waals surface area contributed by atoms with Crippen molar-refractivity contribution in [3.63, 3.8) is 0 Å². The Morgan fingerprint density at radius 3 is 2.11 bits per heavy atom. The van der Waals surface area contributed by atoms with Crippen LogP contribution in [0, 0.1) is 11.3 Å². The van der Waals surface area contributed by atoms with Crippen LogP contribution >= 0.6 is 0 Å². The number of hydrogen-bond acceptors (Lipinski definition) is 0. The molecule has 0 amide bonds. The van der Waals surface area contributed by atoms with Crippen molar-refractivity contribution < 1.29 is 5.48 Å². The molecule has 0 unspecified atom stereocenters. The van der Waals surface area contributed by atoms with Gasteiger partial charge < -0.3 is 5.48 Å². The standard InChI is InChI=1S/C15H26.C2H6.H2O/c1-7-15(5,6)14-10-8-9-13(11(2)3)12(14)4;1-2;/h10-11H,7-9H2,1-6H3;1-2H3;1H2. The second kappa shape index (κ2) is 8.53. The average molecular weight is 254 g/mol. The summed E-state index contributed by atoms with van der Waals surface area (Å²) in [7, 11) is 0. The zero-order valence-electron chi connectivity index (χ0n) is 13.8. The molecule has 0 saturated carbocycles. The van der Waals surface area contributed by atoms with Crippen molar-refractivity contribution >= 4 is 0 Å². The van der Waals surface area contributed by atoms with Gasteiger partial charge in [0.1, 0.15) is 0 Å². The summed E-state index contributed by atoms with van der Waals surface area (Å²) in [5.74, 6) is 0.710. The zero-order chi connectivity index (χ0) is 13.6. The summed E-state index contributed by atoms with van der Waals surface area (Å²) < 4.78 is 0. The summed E-state index contributed by atoms with van der Waals surface area (Å²) in [6.45, 7) is 18.0. The van der Waals surface area contributed by atoms with E-state index in [1.54, 1.807) is 16.7 Å². The Balaban J connectivity index is 0. The molecule has 1 nitrogen and oxygen atoms in total. The summed E-state index contributed by atoms with van der Waals surface area (Å²) in [6.07, 6.45) is 6.20. The molecule has 0 aliphatic heterocycles. The molecule has 1 rings (SSSR count). The van der Waals surface area contributed by atoms with Gasteiger partial charge in [0.15, 0.2) is 0 Å². The quantitative estimate of drug-likeness (QED) is 0.653. The molecule has 0 aromatic rings. The summed E-state index contributed by atoms with van der Waals surface area (Å²) in [5.41, 5.74) is 5.20. The minimum atomic E-state index is 0. The van der Waals surface area contributed by atoms with E-state index in [2.05, 4.69) is 47.6 Å². The van der Waals surface area contributed by atoms with Gasteiger partial charge in [0, 0.05) is 0 Å². The molecular weight excluding hydrogens is 220 g/mol. The Morgan fingerprint density at radius 1 is 1.22 bits per heavy atom. The fourth-order valence-corrected chi connectivity index (χ4v) is 2.58. The molecule has 0 radical (unpaired) electrons. The molecule has 0 aromatic heterocycles. The molecule has 0 saturated heterocycles. The van der Waals surface area contributed by atoms with E-state index in [1.165, 1.54) is 19.3 Å². The van der Waals surface area contributed by atoms with Crippen molar-refractivity contribution in [1.29, 1.82) is 0 Å². The Morgan fingerprint density at radius 2 is 1.72 bits per heavy atom. The normalized spacial score (nSPS) is 15.7. The van der Waals surface area contributed by atoms with Crippen molar-refractivity contribution in [1.82, 2.24) is 0 Å². The van der Waals surface area contributed by atoms with Gasteiger partial charge in [0.2, 0.25) is 0 Å². The van der Waals surface area contributed by atoms with Crippen LogP contribution in [0.1, 0.15) is 74.7 Å². The SMILES string of the molecule is CC.CCC(C)(C)C1=CCCC(C(C)C)=C1C.O. The second-order valence-electron chi connectivity index (χ2n) is 5.70. The highest BCUT2D eigenvalue weighted by Gasteiger charge is 2.26. The highest BCUT2D eigenvalue weighted by atomic mass is 16.0. The number of hydrogen-bond donors (Lipinski definition) is 0.